The lowest BCUT2D eigenvalue weighted by Crippen LogP contribution is -2.45. The number of halogens is 1. The minimum absolute atomic E-state index is 0.0105. The summed E-state index contributed by atoms with van der Waals surface area (Å²) in [5.41, 5.74) is 3.25. The number of para-hydroxylation sites is 1. The van der Waals surface area contributed by atoms with Crippen LogP contribution in [-0.4, -0.2) is 41.0 Å². The molecule has 0 unspecified atom stereocenters. The van der Waals surface area contributed by atoms with Gasteiger partial charge in [0.2, 0.25) is 0 Å². The predicted molar refractivity (Wildman–Crippen MR) is 117 cm³/mol. The number of rotatable bonds is 4. The second-order valence-electron chi connectivity index (χ2n) is 8.09. The monoisotopic (exact) mass is 405 g/mol. The zero-order valence-electron chi connectivity index (χ0n) is 16.3. The number of aromatic nitrogens is 1. The van der Waals surface area contributed by atoms with Crippen LogP contribution in [0.2, 0.25) is 5.02 Å². The molecule has 1 aromatic heterocycles. The molecule has 2 heterocycles. The van der Waals surface area contributed by atoms with Crippen molar-refractivity contribution < 1.29 is 4.79 Å². The Bertz CT molecular complexity index is 1040. The van der Waals surface area contributed by atoms with Crippen molar-refractivity contribution in [3.63, 3.8) is 0 Å². The van der Waals surface area contributed by atoms with Crippen molar-refractivity contribution in [3.05, 3.63) is 65.2 Å². The quantitative estimate of drug-likeness (QED) is 0.670. The van der Waals surface area contributed by atoms with E-state index in [2.05, 4.69) is 10.2 Å². The van der Waals surface area contributed by atoms with Gasteiger partial charge in [0.25, 0.3) is 5.91 Å². The van der Waals surface area contributed by atoms with E-state index in [1.165, 1.54) is 12.8 Å². The molecule has 29 heavy (non-hydrogen) atoms. The van der Waals surface area contributed by atoms with Crippen LogP contribution >= 0.6 is 11.6 Å². The molecule has 1 saturated heterocycles. The molecule has 1 amide bonds. The molecule has 4 nitrogen and oxygen atoms in total. The van der Waals surface area contributed by atoms with Gasteiger partial charge in [-0.3, -0.25) is 4.79 Å². The highest BCUT2D eigenvalue weighted by molar-refractivity contribution is 6.30. The SMILES string of the molecule is O=C(NC1CCN(C2CC2)CC1)c1cc(-c2ccc(Cl)cc2)nc2ccccc12. The van der Waals surface area contributed by atoms with E-state index in [0.29, 0.717) is 10.6 Å². The highest BCUT2D eigenvalue weighted by Crippen LogP contribution is 2.30. The molecule has 3 aromatic rings. The summed E-state index contributed by atoms with van der Waals surface area (Å²) in [6.07, 6.45) is 4.73. The summed E-state index contributed by atoms with van der Waals surface area (Å²) < 4.78 is 0. The lowest BCUT2D eigenvalue weighted by Gasteiger charge is -2.32. The Kier molecular flexibility index (Phi) is 4.98. The van der Waals surface area contributed by atoms with Crippen LogP contribution in [0, 0.1) is 0 Å². The summed E-state index contributed by atoms with van der Waals surface area (Å²) in [5, 5.41) is 4.85. The van der Waals surface area contributed by atoms with Crippen molar-refractivity contribution in [1.82, 2.24) is 15.2 Å². The van der Waals surface area contributed by atoms with Gasteiger partial charge in [0.1, 0.15) is 0 Å². The number of nitrogens with zero attached hydrogens (tertiary/aromatic N) is 2. The van der Waals surface area contributed by atoms with Gasteiger partial charge in [0.15, 0.2) is 0 Å². The molecule has 0 radical (unpaired) electrons. The molecule has 1 aliphatic carbocycles. The van der Waals surface area contributed by atoms with Crippen molar-refractivity contribution in [1.29, 1.82) is 0 Å². The van der Waals surface area contributed by atoms with Crippen LogP contribution in [0.3, 0.4) is 0 Å². The van der Waals surface area contributed by atoms with Crippen molar-refractivity contribution in [2.75, 3.05) is 13.1 Å². The number of likely N-dealkylation sites (tertiary alicyclic amines) is 1. The molecule has 5 heteroatoms. The Morgan fingerprint density at radius 2 is 1.72 bits per heavy atom. The van der Waals surface area contributed by atoms with E-state index in [1.54, 1.807) is 0 Å². The van der Waals surface area contributed by atoms with Gasteiger partial charge < -0.3 is 10.2 Å². The van der Waals surface area contributed by atoms with E-state index < -0.39 is 0 Å². The largest absolute Gasteiger partial charge is 0.349 e. The number of amides is 1. The first-order chi connectivity index (χ1) is 14.2. The number of nitrogens with one attached hydrogen (secondary N) is 1. The average molecular weight is 406 g/mol. The first-order valence-electron chi connectivity index (χ1n) is 10.4. The zero-order valence-corrected chi connectivity index (χ0v) is 17.0. The first-order valence-corrected chi connectivity index (χ1v) is 10.8. The fraction of sp³-hybridized carbons (Fsp3) is 0.333. The van der Waals surface area contributed by atoms with E-state index >= 15 is 0 Å². The summed E-state index contributed by atoms with van der Waals surface area (Å²) in [4.78, 5) is 20.6. The molecule has 0 spiro atoms. The molecule has 1 N–H and O–H groups in total. The van der Waals surface area contributed by atoms with Crippen LogP contribution in [0.1, 0.15) is 36.0 Å². The fourth-order valence-corrected chi connectivity index (χ4v) is 4.37. The maximum Gasteiger partial charge on any atom is 0.252 e. The Morgan fingerprint density at radius 1 is 1.00 bits per heavy atom. The van der Waals surface area contributed by atoms with Gasteiger partial charge in [-0.15, -0.1) is 0 Å². The van der Waals surface area contributed by atoms with Crippen LogP contribution in [0.5, 0.6) is 0 Å². The number of piperidine rings is 1. The first kappa shape index (κ1) is 18.6. The lowest BCUT2D eigenvalue weighted by molar-refractivity contribution is 0.0910. The van der Waals surface area contributed by atoms with Crippen LogP contribution < -0.4 is 5.32 Å². The Hall–Kier alpha value is -2.43. The number of hydrogen-bond acceptors (Lipinski definition) is 3. The molecule has 2 fully saturated rings. The summed E-state index contributed by atoms with van der Waals surface area (Å²) in [6, 6.07) is 18.4. The Labute approximate surface area is 175 Å². The minimum atomic E-state index is -0.0105. The topological polar surface area (TPSA) is 45.2 Å². The smallest absolute Gasteiger partial charge is 0.252 e. The lowest BCUT2D eigenvalue weighted by atomic mass is 10.0. The third-order valence-corrected chi connectivity index (χ3v) is 6.28. The molecule has 1 aliphatic heterocycles. The molecular formula is C24H24ClN3O. The standard InChI is InChI=1S/C24H24ClN3O/c25-17-7-5-16(6-8-17)23-15-21(20-3-1-2-4-22(20)27-23)24(29)26-18-11-13-28(14-12-18)19-9-10-19/h1-8,15,18-19H,9-14H2,(H,26,29). The van der Waals surface area contributed by atoms with Crippen LogP contribution in [0.25, 0.3) is 22.2 Å². The van der Waals surface area contributed by atoms with E-state index in [4.69, 9.17) is 16.6 Å². The van der Waals surface area contributed by atoms with Gasteiger partial charge >= 0.3 is 0 Å². The van der Waals surface area contributed by atoms with E-state index in [1.807, 2.05) is 54.6 Å². The van der Waals surface area contributed by atoms with Crippen molar-refractivity contribution in [2.24, 2.45) is 0 Å². The summed E-state index contributed by atoms with van der Waals surface area (Å²) >= 11 is 6.03. The van der Waals surface area contributed by atoms with Gasteiger partial charge in [-0.25, -0.2) is 4.98 Å². The number of benzene rings is 2. The van der Waals surface area contributed by atoms with Crippen LogP contribution in [-0.2, 0) is 0 Å². The second-order valence-corrected chi connectivity index (χ2v) is 8.53. The molecule has 1 saturated carbocycles. The van der Waals surface area contributed by atoms with Crippen LogP contribution in [0.4, 0.5) is 0 Å². The molecule has 148 valence electrons. The third kappa shape index (κ3) is 4.00. The maximum absolute atomic E-state index is 13.2. The molecule has 2 aromatic carbocycles. The molecular weight excluding hydrogens is 382 g/mol. The van der Waals surface area contributed by atoms with Crippen molar-refractivity contribution in [3.8, 4) is 11.3 Å². The average Bonchev–Trinajstić information content (AvgIpc) is 3.59. The zero-order chi connectivity index (χ0) is 19.8. The van der Waals surface area contributed by atoms with E-state index in [9.17, 15) is 4.79 Å². The molecule has 2 aliphatic rings. The number of pyridine rings is 1. The molecule has 0 bridgehead atoms. The fourth-order valence-electron chi connectivity index (χ4n) is 4.24. The second kappa shape index (κ2) is 7.77. The maximum atomic E-state index is 13.2. The van der Waals surface area contributed by atoms with Crippen LogP contribution in [0.15, 0.2) is 54.6 Å². The summed E-state index contributed by atoms with van der Waals surface area (Å²) in [6.45, 7) is 2.17. The number of carbonyl (C=O) groups excluding carboxylic acids is 1. The normalized spacial score (nSPS) is 18.1. The molecule has 0 atom stereocenters. The summed E-state index contributed by atoms with van der Waals surface area (Å²) in [5.74, 6) is -0.0105. The number of carbonyl (C=O) groups is 1. The summed E-state index contributed by atoms with van der Waals surface area (Å²) in [7, 11) is 0. The number of fused-ring (bicyclic) bond motifs is 1. The minimum Gasteiger partial charge on any atom is -0.349 e. The van der Waals surface area contributed by atoms with Gasteiger partial charge in [0.05, 0.1) is 16.8 Å². The predicted octanol–water partition coefficient (Wildman–Crippen LogP) is 4.91. The highest BCUT2D eigenvalue weighted by atomic mass is 35.5. The van der Waals surface area contributed by atoms with Crippen molar-refractivity contribution >= 4 is 28.4 Å². The van der Waals surface area contributed by atoms with Crippen molar-refractivity contribution in [2.45, 2.75) is 37.8 Å². The Morgan fingerprint density at radius 3 is 2.45 bits per heavy atom. The highest BCUT2D eigenvalue weighted by Gasteiger charge is 2.32. The van der Waals surface area contributed by atoms with Gasteiger partial charge in [0, 0.05) is 41.1 Å². The van der Waals surface area contributed by atoms with E-state index in [0.717, 1.165) is 54.1 Å². The number of hydrogen-bond donors (Lipinski definition) is 1. The van der Waals surface area contributed by atoms with Gasteiger partial charge in [-0.05, 0) is 49.9 Å². The Balaban J connectivity index is 1.42. The van der Waals surface area contributed by atoms with E-state index in [-0.39, 0.29) is 11.9 Å². The molecule has 5 rings (SSSR count). The third-order valence-electron chi connectivity index (χ3n) is 6.03. The van der Waals surface area contributed by atoms with Gasteiger partial charge in [-0.2, -0.15) is 0 Å². The van der Waals surface area contributed by atoms with Gasteiger partial charge in [-0.1, -0.05) is 41.9 Å².